The maximum Gasteiger partial charge on any atom is 0.182 e. The maximum absolute atomic E-state index is 12.1. The normalized spacial score (nSPS) is 10.6. The highest BCUT2D eigenvalue weighted by Crippen LogP contribution is 2.12. The zero-order valence-electron chi connectivity index (χ0n) is 10.8. The van der Waals surface area contributed by atoms with Gasteiger partial charge in [0.1, 0.15) is 5.69 Å². The molecular weight excluding hydrogens is 240 g/mol. The van der Waals surface area contributed by atoms with Gasteiger partial charge >= 0.3 is 0 Å². The molecule has 1 aromatic heterocycles. The Balaban J connectivity index is 2.05. The molecule has 0 unspecified atom stereocenters. The molecule has 0 amide bonds. The zero-order valence-corrected chi connectivity index (χ0v) is 10.8. The van der Waals surface area contributed by atoms with Gasteiger partial charge in [0.05, 0.1) is 11.9 Å². The van der Waals surface area contributed by atoms with E-state index < -0.39 is 0 Å². The van der Waals surface area contributed by atoms with Crippen molar-refractivity contribution in [1.82, 2.24) is 15.0 Å². The van der Waals surface area contributed by atoms with Gasteiger partial charge in [-0.05, 0) is 31.5 Å². The van der Waals surface area contributed by atoms with E-state index in [-0.39, 0.29) is 5.78 Å². The van der Waals surface area contributed by atoms with Gasteiger partial charge in [-0.3, -0.25) is 4.79 Å². The van der Waals surface area contributed by atoms with Crippen LogP contribution in [0, 0.1) is 0 Å². The summed E-state index contributed by atoms with van der Waals surface area (Å²) in [5.41, 5.74) is 6.82. The Morgan fingerprint density at radius 3 is 2.68 bits per heavy atom. The summed E-state index contributed by atoms with van der Waals surface area (Å²) in [6, 6.07) is 9.55. The summed E-state index contributed by atoms with van der Waals surface area (Å²) in [5.74, 6) is 0.0749. The van der Waals surface area contributed by atoms with Gasteiger partial charge in [-0.15, -0.1) is 5.10 Å². The van der Waals surface area contributed by atoms with E-state index in [0.717, 1.165) is 24.9 Å². The first-order chi connectivity index (χ1) is 9.33. The summed E-state index contributed by atoms with van der Waals surface area (Å²) in [4.78, 5) is 12.1. The third-order valence-electron chi connectivity index (χ3n) is 2.94. The Labute approximate surface area is 112 Å². The van der Waals surface area contributed by atoms with Crippen molar-refractivity contribution < 1.29 is 4.79 Å². The molecule has 100 valence electrons. The summed E-state index contributed by atoms with van der Waals surface area (Å²) in [5, 5.41) is 7.81. The molecule has 0 saturated carbocycles. The number of benzene rings is 1. The van der Waals surface area contributed by atoms with Crippen LogP contribution >= 0.6 is 0 Å². The fourth-order valence-electron chi connectivity index (χ4n) is 1.92. The third kappa shape index (κ3) is 3.48. The summed E-state index contributed by atoms with van der Waals surface area (Å²) in [6.45, 7) is 0.678. The van der Waals surface area contributed by atoms with Gasteiger partial charge in [0.25, 0.3) is 0 Å². The Hall–Kier alpha value is -2.01. The number of ketones is 1. The maximum atomic E-state index is 12.1. The number of carbonyl (C=O) groups is 1. The quantitative estimate of drug-likeness (QED) is 0.608. The van der Waals surface area contributed by atoms with Crippen molar-refractivity contribution in [3.05, 3.63) is 42.2 Å². The van der Waals surface area contributed by atoms with Crippen molar-refractivity contribution in [2.45, 2.75) is 25.7 Å². The van der Waals surface area contributed by atoms with Crippen LogP contribution in [0.2, 0.25) is 0 Å². The number of rotatable bonds is 7. The predicted molar refractivity (Wildman–Crippen MR) is 73.2 cm³/mol. The van der Waals surface area contributed by atoms with E-state index in [0.29, 0.717) is 18.7 Å². The zero-order chi connectivity index (χ0) is 13.5. The molecule has 0 aliphatic heterocycles. The first kappa shape index (κ1) is 13.4. The highest BCUT2D eigenvalue weighted by Gasteiger charge is 2.13. The highest BCUT2D eigenvalue weighted by molar-refractivity contribution is 5.94. The van der Waals surface area contributed by atoms with Gasteiger partial charge in [-0.1, -0.05) is 29.8 Å². The number of hydrogen-bond donors (Lipinski definition) is 1. The monoisotopic (exact) mass is 258 g/mol. The lowest BCUT2D eigenvalue weighted by Gasteiger charge is -2.05. The van der Waals surface area contributed by atoms with Crippen LogP contribution in [-0.4, -0.2) is 27.3 Å². The molecule has 0 atom stereocenters. The van der Waals surface area contributed by atoms with Crippen LogP contribution in [0.3, 0.4) is 0 Å². The topological polar surface area (TPSA) is 73.8 Å². The molecule has 2 aromatic rings. The standard InChI is InChI=1S/C14H18N4O/c15-10-6-2-5-9-14(19)13-11-16-17-18(13)12-7-3-1-4-8-12/h1,3-4,7-8,11H,2,5-6,9-10,15H2. The summed E-state index contributed by atoms with van der Waals surface area (Å²) in [7, 11) is 0. The summed E-state index contributed by atoms with van der Waals surface area (Å²) >= 11 is 0. The predicted octanol–water partition coefficient (Wildman–Crippen LogP) is 1.97. The Morgan fingerprint density at radius 1 is 1.16 bits per heavy atom. The average Bonchev–Trinajstić information content (AvgIpc) is 2.94. The average molecular weight is 258 g/mol. The van der Waals surface area contributed by atoms with Gasteiger partial charge in [0.15, 0.2) is 5.78 Å². The van der Waals surface area contributed by atoms with Crippen molar-refractivity contribution >= 4 is 5.78 Å². The molecule has 2 N–H and O–H groups in total. The number of carbonyl (C=O) groups excluding carboxylic acids is 1. The van der Waals surface area contributed by atoms with E-state index in [1.165, 1.54) is 6.20 Å². The van der Waals surface area contributed by atoms with Crippen molar-refractivity contribution in [3.8, 4) is 5.69 Å². The molecule has 0 spiro atoms. The number of aromatic nitrogens is 3. The lowest BCUT2D eigenvalue weighted by molar-refractivity contribution is 0.0971. The van der Waals surface area contributed by atoms with Gasteiger partial charge < -0.3 is 5.73 Å². The Morgan fingerprint density at radius 2 is 1.95 bits per heavy atom. The summed E-state index contributed by atoms with van der Waals surface area (Å²) in [6.07, 6.45) is 4.84. The van der Waals surface area contributed by atoms with Crippen LogP contribution in [0.4, 0.5) is 0 Å². The lowest BCUT2D eigenvalue weighted by Crippen LogP contribution is -2.09. The van der Waals surface area contributed by atoms with E-state index in [1.54, 1.807) is 4.68 Å². The van der Waals surface area contributed by atoms with Gasteiger partial charge in [0.2, 0.25) is 0 Å². The third-order valence-corrected chi connectivity index (χ3v) is 2.94. The molecule has 0 radical (unpaired) electrons. The van der Waals surface area contributed by atoms with E-state index >= 15 is 0 Å². The van der Waals surface area contributed by atoms with Crippen LogP contribution in [0.25, 0.3) is 5.69 Å². The molecular formula is C14H18N4O. The highest BCUT2D eigenvalue weighted by atomic mass is 16.1. The van der Waals surface area contributed by atoms with Crippen LogP contribution in [0.1, 0.15) is 36.2 Å². The van der Waals surface area contributed by atoms with Crippen LogP contribution in [0.15, 0.2) is 36.5 Å². The van der Waals surface area contributed by atoms with E-state index in [1.807, 2.05) is 30.3 Å². The largest absolute Gasteiger partial charge is 0.330 e. The molecule has 0 saturated heterocycles. The second kappa shape index (κ2) is 6.80. The summed E-state index contributed by atoms with van der Waals surface area (Å²) < 4.78 is 1.59. The van der Waals surface area contributed by atoms with E-state index in [4.69, 9.17) is 5.73 Å². The van der Waals surface area contributed by atoms with Crippen molar-refractivity contribution in [2.75, 3.05) is 6.54 Å². The molecule has 5 heteroatoms. The molecule has 1 aromatic carbocycles. The lowest BCUT2D eigenvalue weighted by atomic mass is 10.1. The molecule has 0 aliphatic rings. The minimum atomic E-state index is 0.0749. The number of nitrogens with zero attached hydrogens (tertiary/aromatic N) is 3. The van der Waals surface area contributed by atoms with Gasteiger partial charge in [0, 0.05) is 6.42 Å². The van der Waals surface area contributed by atoms with Crippen molar-refractivity contribution in [2.24, 2.45) is 5.73 Å². The Bertz CT molecular complexity index is 521. The minimum absolute atomic E-state index is 0.0749. The van der Waals surface area contributed by atoms with Gasteiger partial charge in [-0.2, -0.15) is 0 Å². The van der Waals surface area contributed by atoms with Gasteiger partial charge in [-0.25, -0.2) is 4.68 Å². The first-order valence-electron chi connectivity index (χ1n) is 6.52. The molecule has 0 fully saturated rings. The smallest absolute Gasteiger partial charge is 0.182 e. The number of para-hydroxylation sites is 1. The number of nitrogens with two attached hydrogens (primary N) is 1. The number of Topliss-reactive ketones (excluding diaryl/α,β-unsaturated/α-hetero) is 1. The number of unbranched alkanes of at least 4 members (excludes halogenated alkanes) is 2. The van der Waals surface area contributed by atoms with Crippen molar-refractivity contribution in [3.63, 3.8) is 0 Å². The SMILES string of the molecule is NCCCCCC(=O)c1cnnn1-c1ccccc1. The second-order valence-electron chi connectivity index (χ2n) is 4.39. The van der Waals surface area contributed by atoms with E-state index in [9.17, 15) is 4.79 Å². The molecule has 0 bridgehead atoms. The fourth-order valence-corrected chi connectivity index (χ4v) is 1.92. The van der Waals surface area contributed by atoms with Crippen LogP contribution in [0.5, 0.6) is 0 Å². The Kier molecular flexibility index (Phi) is 4.80. The minimum Gasteiger partial charge on any atom is -0.330 e. The first-order valence-corrected chi connectivity index (χ1v) is 6.52. The van der Waals surface area contributed by atoms with Crippen LogP contribution in [-0.2, 0) is 0 Å². The molecule has 0 aliphatic carbocycles. The fraction of sp³-hybridized carbons (Fsp3) is 0.357. The van der Waals surface area contributed by atoms with Crippen molar-refractivity contribution in [1.29, 1.82) is 0 Å². The van der Waals surface area contributed by atoms with Crippen LogP contribution < -0.4 is 5.73 Å². The molecule has 5 nitrogen and oxygen atoms in total. The second-order valence-corrected chi connectivity index (χ2v) is 4.39. The molecule has 19 heavy (non-hydrogen) atoms. The number of hydrogen-bond acceptors (Lipinski definition) is 4. The molecule has 1 heterocycles. The molecule has 2 rings (SSSR count). The van der Waals surface area contributed by atoms with E-state index in [2.05, 4.69) is 10.3 Å².